The zero-order chi connectivity index (χ0) is 24.2. The third-order valence-electron chi connectivity index (χ3n) is 6.87. The Kier molecular flexibility index (Phi) is 5.12. The number of ether oxygens (including phenoxy) is 1. The fraction of sp³-hybridized carbons (Fsp3) is 0.333. The van der Waals surface area contributed by atoms with Crippen molar-refractivity contribution in [3.63, 3.8) is 0 Å². The molecule has 176 valence electrons. The van der Waals surface area contributed by atoms with Gasteiger partial charge < -0.3 is 15.0 Å². The molecule has 1 atom stereocenters. The molecule has 0 saturated carbocycles. The molecule has 5 rings (SSSR count). The Labute approximate surface area is 195 Å². The number of halogens is 1. The molecule has 9 nitrogen and oxygen atoms in total. The van der Waals surface area contributed by atoms with E-state index in [0.29, 0.717) is 30.0 Å². The van der Waals surface area contributed by atoms with E-state index in [-0.39, 0.29) is 13.0 Å². The van der Waals surface area contributed by atoms with Crippen LogP contribution >= 0.6 is 0 Å². The number of rotatable bonds is 2. The Morgan fingerprint density at radius 1 is 1.06 bits per heavy atom. The van der Waals surface area contributed by atoms with Crippen LogP contribution in [0.15, 0.2) is 42.5 Å². The Balaban J connectivity index is 1.54. The van der Waals surface area contributed by atoms with Crippen molar-refractivity contribution in [1.29, 1.82) is 0 Å². The van der Waals surface area contributed by atoms with Gasteiger partial charge in [0.2, 0.25) is 11.8 Å². The topological polar surface area (TPSA) is 99.3 Å². The lowest BCUT2D eigenvalue weighted by Crippen LogP contribution is -2.73. The van der Waals surface area contributed by atoms with Crippen molar-refractivity contribution in [3.05, 3.63) is 59.4 Å². The van der Waals surface area contributed by atoms with Crippen molar-refractivity contribution >= 4 is 35.1 Å². The van der Waals surface area contributed by atoms with E-state index in [4.69, 9.17) is 4.74 Å². The van der Waals surface area contributed by atoms with Gasteiger partial charge in [-0.3, -0.25) is 24.2 Å². The van der Waals surface area contributed by atoms with E-state index in [2.05, 4.69) is 5.32 Å². The van der Waals surface area contributed by atoms with E-state index in [1.54, 1.807) is 12.1 Å². The molecule has 2 fully saturated rings. The molecule has 10 heteroatoms. The molecule has 3 aliphatic rings. The van der Waals surface area contributed by atoms with Crippen molar-refractivity contribution in [2.75, 3.05) is 44.1 Å². The van der Waals surface area contributed by atoms with E-state index in [9.17, 15) is 23.6 Å². The standard InChI is InChI=1S/C24H23FN4O5/c1-27-21(31)24(22(32)28(2)23(27)33)12-15-11-17(26-20(30)14-3-5-16(25)6-4-14)7-8-18(15)29-9-10-34-13-19(24)29/h3-8,11,19H,9-10,12-13H2,1-2H3,(H,26,30)/t19-/m1/s1. The Morgan fingerprint density at radius 3 is 2.41 bits per heavy atom. The highest BCUT2D eigenvalue weighted by atomic mass is 19.1. The van der Waals surface area contributed by atoms with E-state index in [1.807, 2.05) is 11.0 Å². The molecule has 0 aliphatic carbocycles. The molecule has 2 saturated heterocycles. The predicted octanol–water partition coefficient (Wildman–Crippen LogP) is 1.88. The molecule has 2 aromatic carbocycles. The number of amides is 5. The number of nitrogens with zero attached hydrogens (tertiary/aromatic N) is 3. The van der Waals surface area contributed by atoms with Crippen LogP contribution < -0.4 is 10.2 Å². The summed E-state index contributed by atoms with van der Waals surface area (Å²) >= 11 is 0. The highest BCUT2D eigenvalue weighted by Crippen LogP contribution is 2.47. The number of hydrogen-bond acceptors (Lipinski definition) is 6. The molecule has 0 bridgehead atoms. The normalized spacial score (nSPS) is 21.4. The van der Waals surface area contributed by atoms with Gasteiger partial charge >= 0.3 is 6.03 Å². The number of imide groups is 2. The molecule has 0 unspecified atom stereocenters. The van der Waals surface area contributed by atoms with E-state index >= 15 is 0 Å². The number of anilines is 2. The first-order valence-electron chi connectivity index (χ1n) is 10.9. The average Bonchev–Trinajstić information content (AvgIpc) is 2.85. The molecule has 3 aliphatic heterocycles. The predicted molar refractivity (Wildman–Crippen MR) is 120 cm³/mol. The number of barbiturate groups is 1. The summed E-state index contributed by atoms with van der Waals surface area (Å²) in [6.07, 6.45) is 0.0622. The zero-order valence-corrected chi connectivity index (χ0v) is 18.7. The third-order valence-corrected chi connectivity index (χ3v) is 6.87. The van der Waals surface area contributed by atoms with Crippen LogP contribution in [0.2, 0.25) is 0 Å². The van der Waals surface area contributed by atoms with Gasteiger partial charge in [-0.15, -0.1) is 0 Å². The molecule has 2 aromatic rings. The van der Waals surface area contributed by atoms with Gasteiger partial charge in [-0.2, -0.15) is 0 Å². The van der Waals surface area contributed by atoms with Crippen LogP contribution in [0.3, 0.4) is 0 Å². The van der Waals surface area contributed by atoms with Crippen molar-refractivity contribution in [1.82, 2.24) is 9.80 Å². The minimum atomic E-state index is -1.52. The number of urea groups is 1. The zero-order valence-electron chi connectivity index (χ0n) is 18.7. The van der Waals surface area contributed by atoms with E-state index < -0.39 is 41.0 Å². The van der Waals surface area contributed by atoms with Gasteiger partial charge in [0.05, 0.1) is 19.3 Å². The summed E-state index contributed by atoms with van der Waals surface area (Å²) in [5.74, 6) is -1.98. The monoisotopic (exact) mass is 466 g/mol. The fourth-order valence-electron chi connectivity index (χ4n) is 5.13. The third kappa shape index (κ3) is 3.17. The van der Waals surface area contributed by atoms with Crippen molar-refractivity contribution < 1.29 is 28.3 Å². The number of carbonyl (C=O) groups excluding carboxylic acids is 4. The van der Waals surface area contributed by atoms with Crippen LogP contribution in [0.4, 0.5) is 20.6 Å². The summed E-state index contributed by atoms with van der Waals surface area (Å²) in [4.78, 5) is 56.0. The molecule has 3 heterocycles. The summed E-state index contributed by atoms with van der Waals surface area (Å²) in [6, 6.07) is 9.28. The number of hydrogen-bond donors (Lipinski definition) is 1. The lowest BCUT2D eigenvalue weighted by molar-refractivity contribution is -0.161. The van der Waals surface area contributed by atoms with Gasteiger partial charge in [-0.1, -0.05) is 0 Å². The molecule has 0 aromatic heterocycles. The Hall–Kier alpha value is -3.79. The Morgan fingerprint density at radius 2 is 1.74 bits per heavy atom. The molecular formula is C24H23FN4O5. The van der Waals surface area contributed by atoms with Crippen LogP contribution in [0.5, 0.6) is 0 Å². The highest BCUT2D eigenvalue weighted by Gasteiger charge is 2.63. The van der Waals surface area contributed by atoms with E-state index in [0.717, 1.165) is 15.5 Å². The molecular weight excluding hydrogens is 443 g/mol. The molecule has 5 amide bonds. The second-order valence-electron chi connectivity index (χ2n) is 8.75. The van der Waals surface area contributed by atoms with Crippen LogP contribution in [-0.2, 0) is 20.7 Å². The maximum absolute atomic E-state index is 13.5. The first kappa shape index (κ1) is 22.0. The quantitative estimate of drug-likeness (QED) is 0.679. The highest BCUT2D eigenvalue weighted by molar-refractivity contribution is 6.20. The number of morpholine rings is 1. The van der Waals surface area contributed by atoms with Crippen LogP contribution in [0, 0.1) is 11.2 Å². The second kappa shape index (κ2) is 7.91. The minimum Gasteiger partial charge on any atom is -0.377 e. The molecule has 1 N–H and O–H groups in total. The van der Waals surface area contributed by atoms with E-state index in [1.165, 1.54) is 38.4 Å². The van der Waals surface area contributed by atoms with Crippen molar-refractivity contribution in [2.45, 2.75) is 12.5 Å². The number of carbonyl (C=O) groups is 4. The van der Waals surface area contributed by atoms with Crippen LogP contribution in [0.1, 0.15) is 15.9 Å². The lowest BCUT2D eigenvalue weighted by Gasteiger charge is -2.54. The summed E-state index contributed by atoms with van der Waals surface area (Å²) < 4.78 is 18.8. The SMILES string of the molecule is CN1C(=O)N(C)C(=O)C2(Cc3cc(NC(=O)c4ccc(F)cc4)ccc3N3CCOC[C@@H]32)C1=O. The molecule has 0 radical (unpaired) electrons. The maximum Gasteiger partial charge on any atom is 0.332 e. The first-order valence-corrected chi connectivity index (χ1v) is 10.9. The van der Waals surface area contributed by atoms with Crippen LogP contribution in [0.25, 0.3) is 0 Å². The average molecular weight is 466 g/mol. The summed E-state index contributed by atoms with van der Waals surface area (Å²) in [5, 5.41) is 2.79. The van der Waals surface area contributed by atoms with Crippen molar-refractivity contribution in [2.24, 2.45) is 5.41 Å². The van der Waals surface area contributed by atoms with Gasteiger partial charge in [0.25, 0.3) is 5.91 Å². The number of nitrogens with one attached hydrogen (secondary N) is 1. The maximum atomic E-state index is 13.5. The van der Waals surface area contributed by atoms with Crippen LogP contribution in [-0.4, -0.2) is 73.4 Å². The fourth-order valence-corrected chi connectivity index (χ4v) is 5.13. The van der Waals surface area contributed by atoms with Gasteiger partial charge in [0, 0.05) is 37.6 Å². The molecule has 1 spiro atoms. The number of benzene rings is 2. The lowest BCUT2D eigenvalue weighted by atomic mass is 9.68. The molecule has 34 heavy (non-hydrogen) atoms. The van der Waals surface area contributed by atoms with Crippen molar-refractivity contribution in [3.8, 4) is 0 Å². The summed E-state index contributed by atoms with van der Waals surface area (Å²) in [5.41, 5.74) is 0.797. The van der Waals surface area contributed by atoms with Gasteiger partial charge in [0.15, 0.2) is 5.41 Å². The summed E-state index contributed by atoms with van der Waals surface area (Å²) in [7, 11) is 2.75. The smallest absolute Gasteiger partial charge is 0.332 e. The number of fused-ring (bicyclic) bond motifs is 4. The largest absolute Gasteiger partial charge is 0.377 e. The van der Waals surface area contributed by atoms with Gasteiger partial charge in [0.1, 0.15) is 5.82 Å². The van der Waals surface area contributed by atoms with Gasteiger partial charge in [-0.05, 0) is 54.4 Å². The summed E-state index contributed by atoms with van der Waals surface area (Å²) in [6.45, 7) is 1.08. The van der Waals surface area contributed by atoms with Gasteiger partial charge in [-0.25, -0.2) is 9.18 Å². The Bertz CT molecular complexity index is 1190. The first-order chi connectivity index (χ1) is 16.2. The second-order valence-corrected chi connectivity index (χ2v) is 8.75. The minimum absolute atomic E-state index is 0.0622.